The molecule has 1 aliphatic heterocycles. The van der Waals surface area contributed by atoms with Crippen molar-refractivity contribution in [2.45, 2.75) is 51.7 Å². The van der Waals surface area contributed by atoms with E-state index in [0.717, 1.165) is 11.1 Å². The molecule has 3 rings (SSSR count). The molecule has 1 saturated heterocycles. The van der Waals surface area contributed by atoms with Crippen LogP contribution in [0.5, 0.6) is 5.75 Å². The number of hydrogen-bond donors (Lipinski definition) is 4. The number of aliphatic hydroxyl groups is 1. The fraction of sp³-hybridized carbons (Fsp3) is 0.500. The molecule has 0 aromatic heterocycles. The maximum absolute atomic E-state index is 13.8. The molecule has 11 nitrogen and oxygen atoms in total. The van der Waals surface area contributed by atoms with Gasteiger partial charge in [0.2, 0.25) is 17.7 Å². The van der Waals surface area contributed by atoms with Gasteiger partial charge in [0.05, 0.1) is 39.5 Å². The van der Waals surface area contributed by atoms with Crippen LogP contribution in [-0.2, 0) is 36.8 Å². The van der Waals surface area contributed by atoms with Gasteiger partial charge < -0.3 is 30.5 Å². The maximum Gasteiger partial charge on any atom is 0.243 e. The van der Waals surface area contributed by atoms with Crippen molar-refractivity contribution in [1.82, 2.24) is 20.9 Å². The van der Waals surface area contributed by atoms with E-state index in [1.54, 1.807) is 52.1 Å². The summed E-state index contributed by atoms with van der Waals surface area (Å²) in [5.41, 5.74) is 0.495. The van der Waals surface area contributed by atoms with Gasteiger partial charge in [-0.15, -0.1) is 0 Å². The Labute approximate surface area is 253 Å². The van der Waals surface area contributed by atoms with Gasteiger partial charge in [0.15, 0.2) is 5.78 Å². The van der Waals surface area contributed by atoms with Gasteiger partial charge in [0, 0.05) is 24.9 Å². The van der Waals surface area contributed by atoms with Crippen LogP contribution in [0.15, 0.2) is 54.6 Å². The zero-order valence-electron chi connectivity index (χ0n) is 25.4. The van der Waals surface area contributed by atoms with Gasteiger partial charge in [-0.25, -0.2) is 0 Å². The summed E-state index contributed by atoms with van der Waals surface area (Å²) >= 11 is 0. The number of aliphatic hydroxyl groups excluding tert-OH is 1. The molecule has 0 saturated carbocycles. The Morgan fingerprint density at radius 1 is 0.884 bits per heavy atom. The van der Waals surface area contributed by atoms with Crippen molar-refractivity contribution >= 4 is 23.5 Å². The highest BCUT2D eigenvalue weighted by Crippen LogP contribution is 2.20. The summed E-state index contributed by atoms with van der Waals surface area (Å²) in [5, 5.41) is 18.2. The van der Waals surface area contributed by atoms with Crippen molar-refractivity contribution in [3.05, 3.63) is 65.7 Å². The van der Waals surface area contributed by atoms with Gasteiger partial charge >= 0.3 is 0 Å². The minimum atomic E-state index is -1.10. The van der Waals surface area contributed by atoms with Crippen LogP contribution >= 0.6 is 0 Å². The molecule has 11 heteroatoms. The third-order valence-corrected chi connectivity index (χ3v) is 7.45. The van der Waals surface area contributed by atoms with Crippen molar-refractivity contribution in [3.63, 3.8) is 0 Å². The third kappa shape index (κ3) is 10.5. The van der Waals surface area contributed by atoms with Gasteiger partial charge in [0.1, 0.15) is 17.8 Å². The van der Waals surface area contributed by atoms with E-state index in [4.69, 9.17) is 9.47 Å². The highest BCUT2D eigenvalue weighted by Gasteiger charge is 2.36. The number of benzene rings is 2. The molecule has 1 fully saturated rings. The largest absolute Gasteiger partial charge is 0.497 e. The fourth-order valence-electron chi connectivity index (χ4n) is 4.70. The van der Waals surface area contributed by atoms with Gasteiger partial charge in [-0.1, -0.05) is 56.3 Å². The zero-order valence-corrected chi connectivity index (χ0v) is 25.4. The van der Waals surface area contributed by atoms with Crippen LogP contribution < -0.4 is 20.7 Å². The zero-order chi connectivity index (χ0) is 31.4. The molecule has 3 amide bonds. The summed E-state index contributed by atoms with van der Waals surface area (Å²) in [6.07, 6.45) is 0.345. The Morgan fingerprint density at radius 2 is 1.47 bits per heavy atom. The summed E-state index contributed by atoms with van der Waals surface area (Å²) in [5.74, 6) is -1.08. The van der Waals surface area contributed by atoms with Crippen LogP contribution in [0.3, 0.4) is 0 Å². The highest BCUT2D eigenvalue weighted by molar-refractivity contribution is 5.96. The first-order valence-electron chi connectivity index (χ1n) is 14.5. The quantitative estimate of drug-likeness (QED) is 0.237. The third-order valence-electron chi connectivity index (χ3n) is 7.45. The van der Waals surface area contributed by atoms with Gasteiger partial charge in [-0.2, -0.15) is 0 Å². The van der Waals surface area contributed by atoms with E-state index in [1.807, 2.05) is 35.2 Å². The van der Waals surface area contributed by atoms with E-state index in [1.165, 1.54) is 0 Å². The number of ketones is 1. The molecule has 2 unspecified atom stereocenters. The molecule has 0 bridgehead atoms. The van der Waals surface area contributed by atoms with Crippen LogP contribution in [0.1, 0.15) is 31.9 Å². The second kappa shape index (κ2) is 16.2. The SMILES string of the molecule is COc1ccc(C[C@H](NC(=O)C(C)NC(=O)CN2CCOCC2)C(=O)NC(Cc2ccccc2)C(=O)C(C)(C)CO)cc1. The van der Waals surface area contributed by atoms with Gasteiger partial charge in [-0.05, 0) is 36.6 Å². The van der Waals surface area contributed by atoms with Crippen LogP contribution in [0, 0.1) is 5.41 Å². The van der Waals surface area contributed by atoms with Crippen LogP contribution in [0.2, 0.25) is 0 Å². The lowest BCUT2D eigenvalue weighted by Crippen LogP contribution is -2.57. The van der Waals surface area contributed by atoms with Crippen molar-refractivity contribution < 1.29 is 33.8 Å². The number of amides is 3. The van der Waals surface area contributed by atoms with Crippen molar-refractivity contribution in [2.24, 2.45) is 5.41 Å². The van der Waals surface area contributed by atoms with E-state index in [-0.39, 0.29) is 37.7 Å². The topological polar surface area (TPSA) is 146 Å². The van der Waals surface area contributed by atoms with E-state index in [2.05, 4.69) is 16.0 Å². The number of hydrogen-bond acceptors (Lipinski definition) is 8. The van der Waals surface area contributed by atoms with Crippen molar-refractivity contribution in [1.29, 1.82) is 0 Å². The van der Waals surface area contributed by atoms with E-state index in [9.17, 15) is 24.3 Å². The number of nitrogens with zero attached hydrogens (tertiary/aromatic N) is 1. The number of carbonyl (C=O) groups is 4. The predicted octanol–water partition coefficient (Wildman–Crippen LogP) is 0.875. The first-order chi connectivity index (χ1) is 20.5. The fourth-order valence-corrected chi connectivity index (χ4v) is 4.70. The first-order valence-corrected chi connectivity index (χ1v) is 14.5. The summed E-state index contributed by atoms with van der Waals surface area (Å²) in [6.45, 7) is 6.92. The van der Waals surface area contributed by atoms with Crippen molar-refractivity contribution in [2.75, 3.05) is 46.6 Å². The number of rotatable bonds is 15. The molecular formula is C32H44N4O7. The Morgan fingerprint density at radius 3 is 2.07 bits per heavy atom. The molecular weight excluding hydrogens is 552 g/mol. The summed E-state index contributed by atoms with van der Waals surface area (Å²) in [7, 11) is 1.55. The minimum Gasteiger partial charge on any atom is -0.497 e. The van der Waals surface area contributed by atoms with Crippen LogP contribution in [-0.4, -0.2) is 98.2 Å². The lowest BCUT2D eigenvalue weighted by Gasteiger charge is -2.29. The molecule has 43 heavy (non-hydrogen) atoms. The lowest BCUT2D eigenvalue weighted by molar-refractivity contribution is -0.136. The first kappa shape index (κ1) is 33.7. The molecule has 1 aliphatic rings. The molecule has 3 atom stereocenters. The van der Waals surface area contributed by atoms with Crippen molar-refractivity contribution in [3.8, 4) is 5.75 Å². The number of ether oxygens (including phenoxy) is 2. The minimum absolute atomic E-state index is 0.131. The molecule has 2 aromatic rings. The van der Waals surface area contributed by atoms with Gasteiger partial charge in [0.25, 0.3) is 0 Å². The summed E-state index contributed by atoms with van der Waals surface area (Å²) < 4.78 is 10.5. The molecule has 2 aromatic carbocycles. The predicted molar refractivity (Wildman–Crippen MR) is 161 cm³/mol. The second-order valence-electron chi connectivity index (χ2n) is 11.4. The van der Waals surface area contributed by atoms with E-state index >= 15 is 0 Å². The lowest BCUT2D eigenvalue weighted by atomic mass is 9.83. The van der Waals surface area contributed by atoms with Crippen LogP contribution in [0.25, 0.3) is 0 Å². The summed E-state index contributed by atoms with van der Waals surface area (Å²) in [4.78, 5) is 55.0. The monoisotopic (exact) mass is 596 g/mol. The Balaban J connectivity index is 1.77. The molecule has 0 aliphatic carbocycles. The van der Waals surface area contributed by atoms with Gasteiger partial charge in [-0.3, -0.25) is 24.1 Å². The van der Waals surface area contributed by atoms with E-state index < -0.39 is 35.4 Å². The highest BCUT2D eigenvalue weighted by atomic mass is 16.5. The molecule has 1 heterocycles. The molecule has 4 N–H and O–H groups in total. The number of Topliss-reactive ketones (excluding diaryl/α,β-unsaturated/α-hetero) is 1. The summed E-state index contributed by atoms with van der Waals surface area (Å²) in [6, 6.07) is 13.5. The Kier molecular flexibility index (Phi) is 12.7. The van der Waals surface area contributed by atoms with Crippen LogP contribution in [0.4, 0.5) is 0 Å². The molecule has 0 spiro atoms. The van der Waals surface area contributed by atoms with E-state index in [0.29, 0.717) is 32.1 Å². The number of methoxy groups -OCH3 is 1. The Hall–Kier alpha value is -3.80. The average Bonchev–Trinajstić information content (AvgIpc) is 3.01. The Bertz CT molecular complexity index is 1210. The second-order valence-corrected chi connectivity index (χ2v) is 11.4. The molecule has 0 radical (unpaired) electrons. The molecule has 234 valence electrons. The number of morpholine rings is 1. The standard InChI is InChI=1S/C32H44N4O7/c1-22(33-28(38)20-36-14-16-43-17-15-36)30(40)35-27(19-24-10-12-25(42-4)13-11-24)31(41)34-26(29(39)32(2,3)21-37)18-23-8-6-5-7-9-23/h5-13,22,26-27,37H,14-21H2,1-4H3,(H,33,38)(H,34,41)(H,35,40)/t22?,26?,27-/m0/s1. The normalized spacial score (nSPS) is 15.9. The smallest absolute Gasteiger partial charge is 0.243 e. The number of carbonyl (C=O) groups excluding carboxylic acids is 4. The maximum atomic E-state index is 13.8. The number of nitrogens with one attached hydrogen (secondary N) is 3. The average molecular weight is 597 g/mol.